The molecule has 0 fully saturated rings. The van der Waals surface area contributed by atoms with Gasteiger partial charge < -0.3 is 9.59 Å². The van der Waals surface area contributed by atoms with Crippen molar-refractivity contribution in [3.05, 3.63) is 0 Å². The topological polar surface area (TPSA) is 34.1 Å². The van der Waals surface area contributed by atoms with Crippen LogP contribution in [0, 0.1) is 0 Å². The summed E-state index contributed by atoms with van der Waals surface area (Å²) < 4.78 is 0. The van der Waals surface area contributed by atoms with Crippen LogP contribution in [-0.2, 0) is 30.0 Å². The molecule has 0 aliphatic carbocycles. The van der Waals surface area contributed by atoms with Crippen molar-refractivity contribution in [3.63, 3.8) is 0 Å². The van der Waals surface area contributed by atoms with Crippen molar-refractivity contribution in [2.24, 2.45) is 0 Å². The molecule has 0 heterocycles. The van der Waals surface area contributed by atoms with E-state index in [2.05, 4.69) is 0 Å². The molecule has 0 aliphatic heterocycles. The summed E-state index contributed by atoms with van der Waals surface area (Å²) in [6.45, 7) is 2.64. The zero-order chi connectivity index (χ0) is 5.41. The summed E-state index contributed by atoms with van der Waals surface area (Å²) in [4.78, 5) is 17.4. The molecule has 0 spiro atoms. The van der Waals surface area contributed by atoms with Gasteiger partial charge in [-0.05, 0) is 0 Å². The summed E-state index contributed by atoms with van der Waals surface area (Å²) in [5.74, 6) is 0. The molecule has 0 aromatic rings. The van der Waals surface area contributed by atoms with E-state index in [0.717, 1.165) is 0 Å². The van der Waals surface area contributed by atoms with Gasteiger partial charge in [0.25, 0.3) is 0 Å². The van der Waals surface area contributed by atoms with E-state index in [1.807, 2.05) is 0 Å². The van der Waals surface area contributed by atoms with Crippen molar-refractivity contribution in [2.75, 3.05) is 0 Å². The predicted molar refractivity (Wildman–Crippen MR) is 22.7 cm³/mol. The van der Waals surface area contributed by atoms with Crippen molar-refractivity contribution < 1.29 is 30.0 Å². The van der Waals surface area contributed by atoms with Gasteiger partial charge in [-0.25, -0.2) is 0 Å². The normalized spacial score (nSPS) is 3.71. The Morgan fingerprint density at radius 1 is 1.00 bits per heavy atom. The van der Waals surface area contributed by atoms with Crippen LogP contribution in [-0.4, -0.2) is 12.6 Å². The summed E-state index contributed by atoms with van der Waals surface area (Å²) in [6.07, 6.45) is 3.00. The Labute approximate surface area is 56.9 Å². The van der Waals surface area contributed by atoms with Gasteiger partial charge in [-0.2, -0.15) is 13.8 Å². The Morgan fingerprint density at radius 2 is 1.00 bits per heavy atom. The monoisotopic (exact) mass is 192 g/mol. The zero-order valence-corrected chi connectivity index (χ0v) is 5.69. The van der Waals surface area contributed by atoms with Crippen LogP contribution in [0.1, 0.15) is 13.8 Å². The van der Waals surface area contributed by atoms with Gasteiger partial charge in [0.15, 0.2) is 0 Å². The minimum atomic E-state index is 0. The first kappa shape index (κ1) is 15.7. The van der Waals surface area contributed by atoms with Gasteiger partial charge in [-0.1, -0.05) is 0 Å². The van der Waals surface area contributed by atoms with Gasteiger partial charge in [-0.15, -0.1) is 0 Å². The Hall–Kier alpha value is 0.00234. The molecule has 0 radical (unpaired) electrons. The van der Waals surface area contributed by atoms with Gasteiger partial charge in [-0.3, -0.25) is 12.6 Å². The fourth-order valence-corrected chi connectivity index (χ4v) is 0. The van der Waals surface area contributed by atoms with Crippen LogP contribution in [0.5, 0.6) is 0 Å². The van der Waals surface area contributed by atoms with E-state index in [1.54, 1.807) is 0 Å². The number of rotatable bonds is 0. The van der Waals surface area contributed by atoms with Gasteiger partial charge >= 0.3 is 20.4 Å². The maximum atomic E-state index is 8.68. The van der Waals surface area contributed by atoms with Crippen LogP contribution in [0.4, 0.5) is 0 Å². The van der Waals surface area contributed by atoms with E-state index in [1.165, 1.54) is 26.4 Å². The summed E-state index contributed by atoms with van der Waals surface area (Å²) in [6, 6.07) is 0. The molecule has 0 aromatic heterocycles. The van der Waals surface area contributed by atoms with Crippen LogP contribution < -0.4 is 0 Å². The zero-order valence-electron chi connectivity index (χ0n) is 4.13. The molecule has 0 amide bonds. The van der Waals surface area contributed by atoms with Crippen LogP contribution >= 0.6 is 0 Å². The SMILES string of the molecule is C[C-]=O.C[C-]=O.[Pd+2]. The third kappa shape index (κ3) is 17600000. The number of hydrogen-bond acceptors (Lipinski definition) is 2. The second-order valence-electron chi connectivity index (χ2n) is 0.408. The quantitative estimate of drug-likeness (QED) is 0.407. The maximum Gasteiger partial charge on any atom is 2.00 e. The summed E-state index contributed by atoms with van der Waals surface area (Å²) in [5.41, 5.74) is 0. The summed E-state index contributed by atoms with van der Waals surface area (Å²) in [5, 5.41) is 0. The Morgan fingerprint density at radius 3 is 1.00 bits per heavy atom. The van der Waals surface area contributed by atoms with Crippen LogP contribution in [0.25, 0.3) is 0 Å². The third-order valence-electron chi connectivity index (χ3n) is 0. The molecule has 0 aromatic carbocycles. The second kappa shape index (κ2) is 37.5. The number of carbonyl (C=O) groups excluding carboxylic acids is 2. The van der Waals surface area contributed by atoms with E-state index >= 15 is 0 Å². The fraction of sp³-hybridized carbons (Fsp3) is 0.500. The van der Waals surface area contributed by atoms with Crippen molar-refractivity contribution in [1.82, 2.24) is 0 Å². The maximum absolute atomic E-state index is 8.68. The molecule has 0 unspecified atom stereocenters. The molecule has 3 heteroatoms. The van der Waals surface area contributed by atoms with E-state index < -0.39 is 0 Å². The third-order valence-corrected chi connectivity index (χ3v) is 0. The molecule has 0 aliphatic rings. The van der Waals surface area contributed by atoms with Gasteiger partial charge in [0.2, 0.25) is 0 Å². The standard InChI is InChI=1S/2C2H3O.Pd/c2*1-2-3;/h2*1H3;/q2*-1;+2. The Kier molecular flexibility index (Phi) is 84.3. The molecule has 0 saturated heterocycles. The van der Waals surface area contributed by atoms with Crippen LogP contribution in [0.15, 0.2) is 0 Å². The largest absolute Gasteiger partial charge is 2.00 e. The molecule has 0 atom stereocenters. The first-order chi connectivity index (χ1) is 2.83. The molecular formula is C4H6O2Pd. The molecule has 0 rings (SSSR count). The minimum absolute atomic E-state index is 0. The van der Waals surface area contributed by atoms with E-state index in [4.69, 9.17) is 9.59 Å². The average molecular weight is 193 g/mol. The molecule has 0 saturated carbocycles. The van der Waals surface area contributed by atoms with Crippen molar-refractivity contribution in [1.29, 1.82) is 0 Å². The Bertz CT molecular complexity index is 30.7. The summed E-state index contributed by atoms with van der Waals surface area (Å²) in [7, 11) is 0. The molecular weight excluding hydrogens is 186 g/mol. The van der Waals surface area contributed by atoms with Crippen molar-refractivity contribution in [2.45, 2.75) is 13.8 Å². The van der Waals surface area contributed by atoms with Crippen LogP contribution in [0.3, 0.4) is 0 Å². The molecule has 0 bridgehead atoms. The van der Waals surface area contributed by atoms with E-state index in [-0.39, 0.29) is 20.4 Å². The minimum Gasteiger partial charge on any atom is -0.542 e. The van der Waals surface area contributed by atoms with Crippen molar-refractivity contribution in [3.8, 4) is 0 Å². The molecule has 0 N–H and O–H groups in total. The first-order valence-electron chi connectivity index (χ1n) is 1.41. The molecule has 44 valence electrons. The fourth-order valence-electron chi connectivity index (χ4n) is 0. The predicted octanol–water partition coefficient (Wildman–Crippen LogP) is 0.230. The molecule has 2 nitrogen and oxygen atoms in total. The first-order valence-corrected chi connectivity index (χ1v) is 1.41. The van der Waals surface area contributed by atoms with Gasteiger partial charge in [0.05, 0.1) is 0 Å². The number of hydrogen-bond donors (Lipinski definition) is 0. The summed E-state index contributed by atoms with van der Waals surface area (Å²) >= 11 is 0. The van der Waals surface area contributed by atoms with Gasteiger partial charge in [0, 0.05) is 0 Å². The smallest absolute Gasteiger partial charge is 0.542 e. The van der Waals surface area contributed by atoms with Crippen LogP contribution in [0.2, 0.25) is 0 Å². The van der Waals surface area contributed by atoms with E-state index in [9.17, 15) is 0 Å². The Balaban J connectivity index is -0.0000000400. The average Bonchev–Trinajstić information content (AvgIpc) is 1.39. The van der Waals surface area contributed by atoms with Crippen molar-refractivity contribution >= 4 is 12.6 Å². The molecule has 7 heavy (non-hydrogen) atoms. The van der Waals surface area contributed by atoms with E-state index in [0.29, 0.717) is 0 Å². The second-order valence-corrected chi connectivity index (χ2v) is 0.408. The van der Waals surface area contributed by atoms with Gasteiger partial charge in [0.1, 0.15) is 0 Å².